The molecule has 0 unspecified atom stereocenters. The molecule has 0 saturated carbocycles. The molecule has 1 aromatic carbocycles. The summed E-state index contributed by atoms with van der Waals surface area (Å²) in [5.41, 5.74) is 0.782. The molecule has 2 aromatic rings. The Balaban J connectivity index is 2.57. The maximum atomic E-state index is 10.8. The Labute approximate surface area is 89.2 Å². The summed E-state index contributed by atoms with van der Waals surface area (Å²) in [6.07, 6.45) is 0. The molecule has 14 heavy (non-hydrogen) atoms. The van der Waals surface area contributed by atoms with Crippen LogP contribution in [0.3, 0.4) is 0 Å². The van der Waals surface area contributed by atoms with E-state index >= 15 is 0 Å². The first-order valence-corrected chi connectivity index (χ1v) is 4.56. The number of halogens is 2. The molecule has 0 aliphatic heterocycles. The van der Waals surface area contributed by atoms with Crippen LogP contribution in [0, 0.1) is 0 Å². The van der Waals surface area contributed by atoms with E-state index in [1.54, 1.807) is 18.2 Å². The van der Waals surface area contributed by atoms with Gasteiger partial charge >= 0.3 is 5.63 Å². The highest BCUT2D eigenvalue weighted by molar-refractivity contribution is 6.36. The van der Waals surface area contributed by atoms with Crippen LogP contribution in [0.15, 0.2) is 33.6 Å². The molecule has 0 atom stereocenters. The molecule has 0 bridgehead atoms. The number of nitrogens with one attached hydrogen (secondary N) is 1. The summed E-state index contributed by atoms with van der Waals surface area (Å²) in [6, 6.07) is 6.33. The van der Waals surface area contributed by atoms with E-state index in [1.165, 1.54) is 6.07 Å². The molecule has 1 heterocycles. The Hall–Kier alpha value is -1.19. The molecule has 1 aromatic heterocycles. The quantitative estimate of drug-likeness (QED) is 0.818. The molecular formula is C9H5Cl2NO2. The first-order chi connectivity index (χ1) is 6.66. The van der Waals surface area contributed by atoms with Gasteiger partial charge in [-0.25, -0.2) is 9.95 Å². The van der Waals surface area contributed by atoms with Gasteiger partial charge in [-0.3, -0.25) is 0 Å². The van der Waals surface area contributed by atoms with E-state index in [2.05, 4.69) is 9.68 Å². The normalized spacial score (nSPS) is 10.4. The number of hydrogen-bond donors (Lipinski definition) is 1. The average molecular weight is 230 g/mol. The van der Waals surface area contributed by atoms with Crippen LogP contribution in [-0.2, 0) is 0 Å². The van der Waals surface area contributed by atoms with Crippen LogP contribution in [0.25, 0.3) is 11.3 Å². The zero-order valence-electron chi connectivity index (χ0n) is 6.88. The van der Waals surface area contributed by atoms with Crippen LogP contribution in [-0.4, -0.2) is 5.16 Å². The summed E-state index contributed by atoms with van der Waals surface area (Å²) in [7, 11) is 0. The second-order valence-electron chi connectivity index (χ2n) is 2.71. The Morgan fingerprint density at radius 3 is 2.57 bits per heavy atom. The van der Waals surface area contributed by atoms with Crippen molar-refractivity contribution in [3.63, 3.8) is 0 Å². The lowest BCUT2D eigenvalue weighted by Gasteiger charge is -1.99. The topological polar surface area (TPSA) is 46.0 Å². The van der Waals surface area contributed by atoms with Crippen molar-refractivity contribution in [3.05, 3.63) is 44.7 Å². The maximum absolute atomic E-state index is 10.8. The average Bonchev–Trinajstić information content (AvgIpc) is 2.51. The van der Waals surface area contributed by atoms with E-state index < -0.39 is 5.63 Å². The van der Waals surface area contributed by atoms with Crippen molar-refractivity contribution in [2.24, 2.45) is 0 Å². The van der Waals surface area contributed by atoms with Gasteiger partial charge in [0, 0.05) is 10.6 Å². The lowest BCUT2D eigenvalue weighted by molar-refractivity contribution is 0.394. The van der Waals surface area contributed by atoms with Crippen LogP contribution in [0.5, 0.6) is 0 Å². The molecule has 0 aliphatic carbocycles. The van der Waals surface area contributed by atoms with Crippen molar-refractivity contribution in [1.29, 1.82) is 0 Å². The van der Waals surface area contributed by atoms with Crippen molar-refractivity contribution in [2.45, 2.75) is 0 Å². The van der Waals surface area contributed by atoms with Crippen molar-refractivity contribution in [3.8, 4) is 11.3 Å². The van der Waals surface area contributed by atoms with Crippen LogP contribution >= 0.6 is 23.2 Å². The number of aromatic amines is 1. The maximum Gasteiger partial charge on any atom is 0.357 e. The minimum absolute atomic E-state index is 0.439. The second-order valence-corrected chi connectivity index (χ2v) is 3.55. The summed E-state index contributed by atoms with van der Waals surface area (Å²) in [5.74, 6) is 0. The van der Waals surface area contributed by atoms with Crippen LogP contribution in [0.4, 0.5) is 0 Å². The summed E-state index contributed by atoms with van der Waals surface area (Å²) in [6.45, 7) is 0. The van der Waals surface area contributed by atoms with E-state index in [0.29, 0.717) is 21.3 Å². The first kappa shape index (κ1) is 9.37. The fourth-order valence-electron chi connectivity index (χ4n) is 1.12. The van der Waals surface area contributed by atoms with Gasteiger partial charge in [0.15, 0.2) is 0 Å². The SMILES string of the molecule is O=c1cc(-c2ccc(Cl)cc2Cl)[nH]o1. The Bertz CT molecular complexity index is 516. The van der Waals surface area contributed by atoms with E-state index in [0.717, 1.165) is 0 Å². The van der Waals surface area contributed by atoms with Gasteiger partial charge in [0.2, 0.25) is 0 Å². The molecule has 0 amide bonds. The van der Waals surface area contributed by atoms with E-state index in [9.17, 15) is 4.79 Å². The van der Waals surface area contributed by atoms with Crippen LogP contribution < -0.4 is 5.63 Å². The summed E-state index contributed by atoms with van der Waals surface area (Å²) < 4.78 is 4.53. The van der Waals surface area contributed by atoms with Gasteiger partial charge in [0.25, 0.3) is 0 Å². The minimum atomic E-state index is -0.439. The number of benzene rings is 1. The third-order valence-corrected chi connectivity index (χ3v) is 2.29. The Morgan fingerprint density at radius 1 is 1.21 bits per heavy atom. The number of aromatic nitrogens is 1. The fourth-order valence-corrected chi connectivity index (χ4v) is 1.63. The van der Waals surface area contributed by atoms with Gasteiger partial charge in [-0.2, -0.15) is 0 Å². The lowest BCUT2D eigenvalue weighted by atomic mass is 10.1. The molecule has 3 nitrogen and oxygen atoms in total. The first-order valence-electron chi connectivity index (χ1n) is 3.81. The van der Waals surface area contributed by atoms with Gasteiger partial charge in [0.1, 0.15) is 0 Å². The van der Waals surface area contributed by atoms with Gasteiger partial charge in [-0.05, 0) is 18.2 Å². The Morgan fingerprint density at radius 2 is 2.00 bits per heavy atom. The molecular weight excluding hydrogens is 225 g/mol. The largest absolute Gasteiger partial charge is 0.357 e. The Kier molecular flexibility index (Phi) is 2.35. The van der Waals surface area contributed by atoms with Gasteiger partial charge in [-0.1, -0.05) is 23.2 Å². The highest BCUT2D eigenvalue weighted by Gasteiger charge is 2.06. The zero-order valence-corrected chi connectivity index (χ0v) is 8.39. The summed E-state index contributed by atoms with van der Waals surface area (Å²) >= 11 is 11.7. The summed E-state index contributed by atoms with van der Waals surface area (Å²) in [5, 5.41) is 3.48. The molecule has 5 heteroatoms. The molecule has 0 aliphatic rings. The number of hydrogen-bond acceptors (Lipinski definition) is 2. The molecule has 0 saturated heterocycles. The lowest BCUT2D eigenvalue weighted by Crippen LogP contribution is -1.85. The van der Waals surface area contributed by atoms with E-state index in [1.807, 2.05) is 0 Å². The van der Waals surface area contributed by atoms with E-state index in [4.69, 9.17) is 23.2 Å². The molecule has 0 radical (unpaired) electrons. The molecule has 0 fully saturated rings. The standard InChI is InChI=1S/C9H5Cl2NO2/c10-5-1-2-6(7(11)3-5)8-4-9(13)14-12-8/h1-4,12H. The second kappa shape index (κ2) is 3.52. The van der Waals surface area contributed by atoms with Crippen LogP contribution in [0.2, 0.25) is 10.0 Å². The van der Waals surface area contributed by atoms with Crippen molar-refractivity contribution < 1.29 is 4.52 Å². The van der Waals surface area contributed by atoms with Gasteiger partial charge < -0.3 is 4.52 Å². The summed E-state index contributed by atoms with van der Waals surface area (Å²) in [4.78, 5) is 10.8. The van der Waals surface area contributed by atoms with Crippen molar-refractivity contribution >= 4 is 23.2 Å². The zero-order chi connectivity index (χ0) is 10.1. The van der Waals surface area contributed by atoms with Crippen molar-refractivity contribution in [2.75, 3.05) is 0 Å². The van der Waals surface area contributed by atoms with Crippen LogP contribution in [0.1, 0.15) is 0 Å². The number of H-pyrrole nitrogens is 1. The smallest absolute Gasteiger partial charge is 0.339 e. The predicted octanol–water partition coefficient (Wildman–Crippen LogP) is 2.94. The monoisotopic (exact) mass is 229 g/mol. The van der Waals surface area contributed by atoms with Crippen molar-refractivity contribution in [1.82, 2.24) is 5.16 Å². The fraction of sp³-hybridized carbons (Fsp3) is 0. The van der Waals surface area contributed by atoms with Gasteiger partial charge in [-0.15, -0.1) is 0 Å². The molecule has 0 spiro atoms. The highest BCUT2D eigenvalue weighted by Crippen LogP contribution is 2.28. The third kappa shape index (κ3) is 1.69. The molecule has 72 valence electrons. The highest BCUT2D eigenvalue weighted by atomic mass is 35.5. The third-order valence-electron chi connectivity index (χ3n) is 1.75. The molecule has 1 N–H and O–H groups in total. The van der Waals surface area contributed by atoms with E-state index in [-0.39, 0.29) is 0 Å². The molecule has 2 rings (SSSR count). The predicted molar refractivity (Wildman–Crippen MR) is 54.8 cm³/mol. The van der Waals surface area contributed by atoms with Gasteiger partial charge in [0.05, 0.1) is 16.8 Å². The minimum Gasteiger partial charge on any atom is -0.339 e. The number of rotatable bonds is 1.